The first-order chi connectivity index (χ1) is 6.57. The molecule has 0 amide bonds. The van der Waals surface area contributed by atoms with Crippen molar-refractivity contribution >= 4 is 30.0 Å². The van der Waals surface area contributed by atoms with E-state index in [1.54, 1.807) is 0 Å². The minimum atomic E-state index is -1.05. The first-order valence-electron chi connectivity index (χ1n) is 3.85. The monoisotopic (exact) mass is 253 g/mol. The third-order valence-corrected chi connectivity index (χ3v) is 2.17. The molecule has 15 heavy (non-hydrogen) atoms. The van der Waals surface area contributed by atoms with Crippen LogP contribution < -0.4 is 5.73 Å². The molecule has 0 fully saturated rings. The van der Waals surface area contributed by atoms with Crippen molar-refractivity contribution in [1.82, 2.24) is 0 Å². The number of methoxy groups -OCH3 is 1. The topological polar surface area (TPSA) is 52.3 Å². The van der Waals surface area contributed by atoms with Gasteiger partial charge in [-0.05, 0) is 6.07 Å². The van der Waals surface area contributed by atoms with Gasteiger partial charge in [0.15, 0.2) is 0 Å². The standard InChI is InChI=1S/C9H9ClFNO2.ClH/c1-14-9(13)8(12)5-3-2-4-6(11)7(5)10;/h2-4,8H,12H2,1H3;1H/t8-;/m0./s1. The molecule has 0 heterocycles. The number of halogens is 3. The van der Waals surface area contributed by atoms with Gasteiger partial charge in [-0.15, -0.1) is 12.4 Å². The van der Waals surface area contributed by atoms with Crippen molar-refractivity contribution in [1.29, 1.82) is 0 Å². The van der Waals surface area contributed by atoms with Gasteiger partial charge >= 0.3 is 5.97 Å². The first kappa shape index (κ1) is 14.2. The van der Waals surface area contributed by atoms with E-state index in [-0.39, 0.29) is 23.0 Å². The summed E-state index contributed by atoms with van der Waals surface area (Å²) in [6, 6.07) is 3.05. The number of carbonyl (C=O) groups is 1. The van der Waals surface area contributed by atoms with E-state index in [4.69, 9.17) is 17.3 Å². The normalized spacial score (nSPS) is 11.5. The van der Waals surface area contributed by atoms with Crippen molar-refractivity contribution in [3.63, 3.8) is 0 Å². The smallest absolute Gasteiger partial charge is 0.327 e. The quantitative estimate of drug-likeness (QED) is 0.822. The Hall–Kier alpha value is -0.840. The summed E-state index contributed by atoms with van der Waals surface area (Å²) in [6.07, 6.45) is 0. The van der Waals surface area contributed by atoms with E-state index in [2.05, 4.69) is 4.74 Å². The Balaban J connectivity index is 0.00000196. The van der Waals surface area contributed by atoms with Gasteiger partial charge in [-0.1, -0.05) is 23.7 Å². The molecule has 0 aliphatic heterocycles. The zero-order valence-electron chi connectivity index (χ0n) is 7.87. The second-order valence-corrected chi connectivity index (χ2v) is 3.02. The van der Waals surface area contributed by atoms with Crippen molar-refractivity contribution < 1.29 is 13.9 Å². The maximum atomic E-state index is 13.0. The van der Waals surface area contributed by atoms with E-state index in [1.165, 1.54) is 25.3 Å². The molecule has 0 aliphatic rings. The van der Waals surface area contributed by atoms with Gasteiger partial charge < -0.3 is 10.5 Å². The van der Waals surface area contributed by atoms with E-state index in [0.29, 0.717) is 0 Å². The lowest BCUT2D eigenvalue weighted by Crippen LogP contribution is -2.23. The van der Waals surface area contributed by atoms with Gasteiger partial charge in [0.25, 0.3) is 0 Å². The summed E-state index contributed by atoms with van der Waals surface area (Å²) in [7, 11) is 1.20. The molecule has 0 aromatic heterocycles. The van der Waals surface area contributed by atoms with E-state index < -0.39 is 17.8 Å². The van der Waals surface area contributed by atoms with Gasteiger partial charge in [-0.25, -0.2) is 4.39 Å². The summed E-state index contributed by atoms with van der Waals surface area (Å²) in [4.78, 5) is 11.0. The number of esters is 1. The highest BCUT2D eigenvalue weighted by Crippen LogP contribution is 2.24. The van der Waals surface area contributed by atoms with Crippen molar-refractivity contribution in [2.75, 3.05) is 7.11 Å². The zero-order valence-corrected chi connectivity index (χ0v) is 9.44. The lowest BCUT2D eigenvalue weighted by molar-refractivity contribution is -0.142. The fourth-order valence-corrected chi connectivity index (χ4v) is 1.26. The molecular formula is C9H10Cl2FNO2. The summed E-state index contributed by atoms with van der Waals surface area (Å²) in [6.45, 7) is 0. The average molecular weight is 254 g/mol. The molecule has 0 saturated heterocycles. The predicted molar refractivity (Wildman–Crippen MR) is 57.6 cm³/mol. The minimum Gasteiger partial charge on any atom is -0.468 e. The summed E-state index contributed by atoms with van der Waals surface area (Å²) in [5.74, 6) is -1.26. The van der Waals surface area contributed by atoms with Gasteiger partial charge in [-0.3, -0.25) is 4.79 Å². The predicted octanol–water partition coefficient (Wildman–Crippen LogP) is 2.07. The van der Waals surface area contributed by atoms with E-state index in [9.17, 15) is 9.18 Å². The molecule has 1 aromatic carbocycles. The van der Waals surface area contributed by atoms with Crippen LogP contribution in [0.1, 0.15) is 11.6 Å². The number of carbonyl (C=O) groups excluding carboxylic acids is 1. The van der Waals surface area contributed by atoms with Crippen LogP contribution in [0.15, 0.2) is 18.2 Å². The van der Waals surface area contributed by atoms with Gasteiger partial charge in [0.05, 0.1) is 12.1 Å². The molecular weight excluding hydrogens is 244 g/mol. The number of hydrogen-bond acceptors (Lipinski definition) is 3. The molecule has 0 bridgehead atoms. The Kier molecular flexibility index (Phi) is 5.57. The fourth-order valence-electron chi connectivity index (χ4n) is 1.01. The Labute approximate surface area is 97.8 Å². The van der Waals surface area contributed by atoms with Crippen LogP contribution in [-0.2, 0) is 9.53 Å². The van der Waals surface area contributed by atoms with Gasteiger partial charge in [-0.2, -0.15) is 0 Å². The van der Waals surface area contributed by atoms with Crippen LogP contribution >= 0.6 is 24.0 Å². The van der Waals surface area contributed by atoms with Crippen LogP contribution in [0, 0.1) is 5.82 Å². The van der Waals surface area contributed by atoms with Crippen molar-refractivity contribution in [3.8, 4) is 0 Å². The average Bonchev–Trinajstić information content (AvgIpc) is 2.20. The first-order valence-corrected chi connectivity index (χ1v) is 4.23. The Bertz CT molecular complexity index is 360. The molecule has 3 nitrogen and oxygen atoms in total. The van der Waals surface area contributed by atoms with Crippen LogP contribution in [0.5, 0.6) is 0 Å². The van der Waals surface area contributed by atoms with Crippen molar-refractivity contribution in [2.45, 2.75) is 6.04 Å². The van der Waals surface area contributed by atoms with E-state index in [1.807, 2.05) is 0 Å². The maximum Gasteiger partial charge on any atom is 0.327 e. The summed E-state index contributed by atoms with van der Waals surface area (Å²) >= 11 is 5.63. The van der Waals surface area contributed by atoms with Gasteiger partial charge in [0.2, 0.25) is 0 Å². The minimum absolute atomic E-state index is 0. The number of benzene rings is 1. The maximum absolute atomic E-state index is 13.0. The van der Waals surface area contributed by atoms with Gasteiger partial charge in [0, 0.05) is 5.56 Å². The van der Waals surface area contributed by atoms with Crippen LogP contribution in [0.3, 0.4) is 0 Å². The number of rotatable bonds is 2. The number of nitrogens with two attached hydrogens (primary N) is 1. The van der Waals surface area contributed by atoms with E-state index in [0.717, 1.165) is 0 Å². The number of ether oxygens (including phenoxy) is 1. The molecule has 84 valence electrons. The molecule has 2 N–H and O–H groups in total. The Morgan fingerprint density at radius 3 is 2.73 bits per heavy atom. The molecule has 1 aromatic rings. The van der Waals surface area contributed by atoms with Crippen molar-refractivity contribution in [2.24, 2.45) is 5.73 Å². The molecule has 1 atom stereocenters. The molecule has 6 heteroatoms. The van der Waals surface area contributed by atoms with Crippen LogP contribution in [0.2, 0.25) is 5.02 Å². The third-order valence-electron chi connectivity index (χ3n) is 1.77. The lowest BCUT2D eigenvalue weighted by Gasteiger charge is -2.11. The second kappa shape index (κ2) is 5.90. The van der Waals surface area contributed by atoms with Crippen molar-refractivity contribution in [3.05, 3.63) is 34.6 Å². The molecule has 0 radical (unpaired) electrons. The van der Waals surface area contributed by atoms with Crippen LogP contribution in [0.25, 0.3) is 0 Å². The molecule has 1 rings (SSSR count). The Morgan fingerprint density at radius 2 is 2.20 bits per heavy atom. The lowest BCUT2D eigenvalue weighted by atomic mass is 10.1. The van der Waals surface area contributed by atoms with Crippen LogP contribution in [-0.4, -0.2) is 13.1 Å². The van der Waals surface area contributed by atoms with Gasteiger partial charge in [0.1, 0.15) is 11.9 Å². The summed E-state index contributed by atoms with van der Waals surface area (Å²) < 4.78 is 17.4. The highest BCUT2D eigenvalue weighted by atomic mass is 35.5. The Morgan fingerprint density at radius 1 is 1.60 bits per heavy atom. The highest BCUT2D eigenvalue weighted by molar-refractivity contribution is 6.31. The molecule has 0 spiro atoms. The molecule has 0 saturated carbocycles. The fraction of sp³-hybridized carbons (Fsp3) is 0.222. The largest absolute Gasteiger partial charge is 0.468 e. The molecule has 0 aliphatic carbocycles. The molecule has 0 unspecified atom stereocenters. The summed E-state index contributed by atoms with van der Waals surface area (Å²) in [5.41, 5.74) is 5.71. The van der Waals surface area contributed by atoms with E-state index >= 15 is 0 Å². The second-order valence-electron chi connectivity index (χ2n) is 2.64. The highest BCUT2D eigenvalue weighted by Gasteiger charge is 2.20. The SMILES string of the molecule is COC(=O)[C@@H](N)c1cccc(F)c1Cl.Cl. The van der Waals surface area contributed by atoms with Crippen LogP contribution in [0.4, 0.5) is 4.39 Å². The third kappa shape index (κ3) is 3.06. The zero-order chi connectivity index (χ0) is 10.7. The summed E-state index contributed by atoms with van der Waals surface area (Å²) in [5, 5.41) is -0.148. The number of hydrogen-bond donors (Lipinski definition) is 1.